The van der Waals surface area contributed by atoms with Gasteiger partial charge in [0, 0.05) is 31.6 Å². The molecule has 0 aliphatic carbocycles. The Labute approximate surface area is 139 Å². The molecule has 0 radical (unpaired) electrons. The van der Waals surface area contributed by atoms with Crippen LogP contribution >= 0.6 is 35.6 Å². The van der Waals surface area contributed by atoms with Gasteiger partial charge in [-0.15, -0.1) is 12.4 Å². The Morgan fingerprint density at radius 3 is 2.67 bits per heavy atom. The van der Waals surface area contributed by atoms with E-state index in [1.165, 1.54) is 19.2 Å². The molecule has 1 aromatic carbocycles. The summed E-state index contributed by atoms with van der Waals surface area (Å²) >= 11 is 11.8. The second-order valence-electron chi connectivity index (χ2n) is 4.66. The van der Waals surface area contributed by atoms with Crippen LogP contribution in [0.25, 0.3) is 0 Å². The zero-order chi connectivity index (χ0) is 14.7. The number of hydrogen-bond acceptors (Lipinski definition) is 4. The number of methoxy groups -OCH3 is 1. The van der Waals surface area contributed by atoms with Crippen LogP contribution in [0.5, 0.6) is 5.75 Å². The molecule has 1 heterocycles. The van der Waals surface area contributed by atoms with Gasteiger partial charge in [0.15, 0.2) is 0 Å². The summed E-state index contributed by atoms with van der Waals surface area (Å²) in [4.78, 5) is 12.2. The number of aliphatic hydroxyl groups excluding tert-OH is 1. The van der Waals surface area contributed by atoms with Gasteiger partial charge in [-0.05, 0) is 6.07 Å². The van der Waals surface area contributed by atoms with Crippen molar-refractivity contribution in [1.82, 2.24) is 10.6 Å². The van der Waals surface area contributed by atoms with E-state index in [1.54, 1.807) is 0 Å². The lowest BCUT2D eigenvalue weighted by Gasteiger charge is -2.15. The Balaban J connectivity index is 0.00000220. The first-order valence-electron chi connectivity index (χ1n) is 6.23. The summed E-state index contributed by atoms with van der Waals surface area (Å²) in [7, 11) is 1.46. The number of amides is 1. The first-order valence-corrected chi connectivity index (χ1v) is 6.98. The largest absolute Gasteiger partial charge is 0.496 e. The summed E-state index contributed by atoms with van der Waals surface area (Å²) in [6.45, 7) is 1.62. The molecule has 8 heteroatoms. The topological polar surface area (TPSA) is 70.6 Å². The van der Waals surface area contributed by atoms with E-state index in [1.807, 2.05) is 0 Å². The van der Waals surface area contributed by atoms with E-state index in [2.05, 4.69) is 10.6 Å². The quantitative estimate of drug-likeness (QED) is 0.769. The maximum absolute atomic E-state index is 12.2. The molecule has 1 aliphatic heterocycles. The lowest BCUT2D eigenvalue weighted by atomic mass is 10.1. The van der Waals surface area contributed by atoms with Gasteiger partial charge >= 0.3 is 0 Å². The van der Waals surface area contributed by atoms with Gasteiger partial charge in [0.1, 0.15) is 5.75 Å². The summed E-state index contributed by atoms with van der Waals surface area (Å²) in [5, 5.41) is 16.1. The van der Waals surface area contributed by atoms with Crippen LogP contribution in [0, 0.1) is 5.92 Å². The van der Waals surface area contributed by atoms with E-state index in [-0.39, 0.29) is 24.2 Å². The molecule has 21 heavy (non-hydrogen) atoms. The van der Waals surface area contributed by atoms with Gasteiger partial charge < -0.3 is 20.5 Å². The lowest BCUT2D eigenvalue weighted by molar-refractivity contribution is 0.0924. The molecule has 0 aromatic heterocycles. The number of hydrogen-bond donors (Lipinski definition) is 3. The van der Waals surface area contributed by atoms with Crippen molar-refractivity contribution >= 4 is 41.5 Å². The number of β-amino-alcohol motifs (C(OH)–C–C–N with tert-alkyl or cyclic N) is 1. The number of halogens is 3. The van der Waals surface area contributed by atoms with Crippen molar-refractivity contribution in [2.75, 3.05) is 26.7 Å². The number of carbonyl (C=O) groups is 1. The van der Waals surface area contributed by atoms with Crippen molar-refractivity contribution < 1.29 is 14.6 Å². The summed E-state index contributed by atoms with van der Waals surface area (Å²) in [6.07, 6.45) is -0.439. The van der Waals surface area contributed by atoms with Gasteiger partial charge in [-0.3, -0.25) is 4.79 Å². The Kier molecular flexibility index (Phi) is 7.03. The molecule has 5 nitrogen and oxygen atoms in total. The predicted octanol–water partition coefficient (Wildman–Crippen LogP) is 1.73. The van der Waals surface area contributed by atoms with Crippen molar-refractivity contribution in [3.05, 3.63) is 27.7 Å². The van der Waals surface area contributed by atoms with E-state index in [0.29, 0.717) is 41.0 Å². The maximum atomic E-state index is 12.2. The number of aliphatic hydroxyl groups is 1. The molecule has 1 amide bonds. The summed E-state index contributed by atoms with van der Waals surface area (Å²) in [5.74, 6) is 0.0641. The summed E-state index contributed by atoms with van der Waals surface area (Å²) < 4.78 is 5.13. The van der Waals surface area contributed by atoms with Crippen LogP contribution < -0.4 is 15.4 Å². The van der Waals surface area contributed by atoms with E-state index in [4.69, 9.17) is 27.9 Å². The van der Waals surface area contributed by atoms with Crippen molar-refractivity contribution in [2.24, 2.45) is 5.92 Å². The number of rotatable bonds is 4. The molecule has 0 saturated carbocycles. The lowest BCUT2D eigenvalue weighted by Crippen LogP contribution is -2.34. The molecule has 2 unspecified atom stereocenters. The molecular formula is C13H17Cl3N2O3. The number of nitrogens with one attached hydrogen (secondary N) is 2. The average molecular weight is 356 g/mol. The van der Waals surface area contributed by atoms with Crippen molar-refractivity contribution in [3.8, 4) is 5.75 Å². The second-order valence-corrected chi connectivity index (χ2v) is 5.48. The van der Waals surface area contributed by atoms with E-state index in [9.17, 15) is 9.90 Å². The Bertz CT molecular complexity index is 514. The Hall–Kier alpha value is -0.720. The van der Waals surface area contributed by atoms with Crippen LogP contribution in [0.2, 0.25) is 10.0 Å². The number of carbonyl (C=O) groups excluding carboxylic acids is 1. The molecule has 2 rings (SSSR count). The van der Waals surface area contributed by atoms with Gasteiger partial charge in [0.2, 0.25) is 0 Å². The van der Waals surface area contributed by atoms with Crippen LogP contribution in [-0.4, -0.2) is 43.9 Å². The van der Waals surface area contributed by atoms with Gasteiger partial charge in [-0.2, -0.15) is 0 Å². The minimum Gasteiger partial charge on any atom is -0.496 e. The molecule has 1 saturated heterocycles. The van der Waals surface area contributed by atoms with Crippen molar-refractivity contribution in [3.63, 3.8) is 0 Å². The number of ether oxygens (including phenoxy) is 1. The van der Waals surface area contributed by atoms with Gasteiger partial charge in [-0.25, -0.2) is 0 Å². The molecule has 0 bridgehead atoms. The van der Waals surface area contributed by atoms with Gasteiger partial charge in [0.25, 0.3) is 5.91 Å². The first-order chi connectivity index (χ1) is 9.52. The molecular weight excluding hydrogens is 339 g/mol. The second kappa shape index (κ2) is 8.06. The van der Waals surface area contributed by atoms with Crippen LogP contribution in [-0.2, 0) is 0 Å². The zero-order valence-electron chi connectivity index (χ0n) is 11.4. The normalized spacial score (nSPS) is 20.8. The van der Waals surface area contributed by atoms with Crippen LogP contribution in [0.4, 0.5) is 0 Å². The van der Waals surface area contributed by atoms with Crippen LogP contribution in [0.15, 0.2) is 12.1 Å². The molecule has 1 fully saturated rings. The summed E-state index contributed by atoms with van der Waals surface area (Å²) in [5.41, 5.74) is 0.322. The highest BCUT2D eigenvalue weighted by atomic mass is 35.5. The van der Waals surface area contributed by atoms with Gasteiger partial charge in [-0.1, -0.05) is 23.2 Å². The van der Waals surface area contributed by atoms with E-state index in [0.717, 1.165) is 0 Å². The predicted molar refractivity (Wildman–Crippen MR) is 85.0 cm³/mol. The Morgan fingerprint density at radius 1 is 1.43 bits per heavy atom. The van der Waals surface area contributed by atoms with Crippen LogP contribution in [0.3, 0.4) is 0 Å². The van der Waals surface area contributed by atoms with E-state index >= 15 is 0 Å². The molecule has 2 atom stereocenters. The molecule has 0 spiro atoms. The SMILES string of the molecule is COc1cc(Cl)c(Cl)cc1C(=O)NCC1CNCC1O.Cl. The highest BCUT2D eigenvalue weighted by Gasteiger charge is 2.25. The highest BCUT2D eigenvalue weighted by Crippen LogP contribution is 2.30. The van der Waals surface area contributed by atoms with Crippen LogP contribution in [0.1, 0.15) is 10.4 Å². The maximum Gasteiger partial charge on any atom is 0.255 e. The van der Waals surface area contributed by atoms with Crippen molar-refractivity contribution in [1.29, 1.82) is 0 Å². The third-order valence-electron chi connectivity index (χ3n) is 3.32. The standard InChI is InChI=1S/C13H16Cl2N2O3.ClH/c1-20-12-3-10(15)9(14)2-8(12)13(19)17-5-7-4-16-6-11(7)18;/h2-3,7,11,16,18H,4-6H2,1H3,(H,17,19);1H. The minimum absolute atomic E-state index is 0. The number of benzene rings is 1. The first kappa shape index (κ1) is 18.3. The molecule has 118 valence electrons. The fourth-order valence-corrected chi connectivity index (χ4v) is 2.44. The zero-order valence-corrected chi connectivity index (χ0v) is 13.7. The van der Waals surface area contributed by atoms with Crippen molar-refractivity contribution in [2.45, 2.75) is 6.10 Å². The molecule has 1 aliphatic rings. The average Bonchev–Trinajstić information content (AvgIpc) is 2.84. The minimum atomic E-state index is -0.439. The third kappa shape index (κ3) is 4.37. The van der Waals surface area contributed by atoms with Gasteiger partial charge in [0.05, 0.1) is 28.8 Å². The monoisotopic (exact) mass is 354 g/mol. The Morgan fingerprint density at radius 2 is 2.10 bits per heavy atom. The summed E-state index contributed by atoms with van der Waals surface area (Å²) in [6, 6.07) is 2.98. The third-order valence-corrected chi connectivity index (χ3v) is 4.04. The van der Waals surface area contributed by atoms with E-state index < -0.39 is 6.10 Å². The smallest absolute Gasteiger partial charge is 0.255 e. The fourth-order valence-electron chi connectivity index (χ4n) is 2.12. The molecule has 1 aromatic rings. The fraction of sp³-hybridized carbons (Fsp3) is 0.462. The molecule has 3 N–H and O–H groups in total. The highest BCUT2D eigenvalue weighted by molar-refractivity contribution is 6.42.